The number of alkyl halides is 3. The maximum Gasteiger partial charge on any atom is 0.416 e. The van der Waals surface area contributed by atoms with Crippen LogP contribution in [0.15, 0.2) is 42.6 Å². The van der Waals surface area contributed by atoms with Crippen molar-refractivity contribution in [3.05, 3.63) is 65.0 Å². The molecule has 0 radical (unpaired) electrons. The number of ether oxygens (including phenoxy) is 2. The molecule has 35 heavy (non-hydrogen) atoms. The third kappa shape index (κ3) is 5.88. The molecular weight excluding hydrogens is 461 g/mol. The molecule has 4 rings (SSSR count). The Morgan fingerprint density at radius 3 is 2.63 bits per heavy atom. The van der Waals surface area contributed by atoms with Gasteiger partial charge in [-0.1, -0.05) is 6.07 Å². The second-order valence-electron chi connectivity index (χ2n) is 8.35. The van der Waals surface area contributed by atoms with Crippen molar-refractivity contribution < 1.29 is 27.8 Å². The summed E-state index contributed by atoms with van der Waals surface area (Å²) >= 11 is 0. The lowest BCUT2D eigenvalue weighted by molar-refractivity contribution is -0.137. The number of halogens is 3. The molecule has 1 fully saturated rings. The maximum absolute atomic E-state index is 13.0. The van der Waals surface area contributed by atoms with E-state index < -0.39 is 18.0 Å². The number of nitrogens with zero attached hydrogens (tertiary/aromatic N) is 3. The summed E-state index contributed by atoms with van der Waals surface area (Å²) in [6.07, 6.45) is -3.21. The summed E-state index contributed by atoms with van der Waals surface area (Å²) in [7, 11) is 0. The fourth-order valence-corrected chi connectivity index (χ4v) is 4.07. The summed E-state index contributed by atoms with van der Waals surface area (Å²) in [4.78, 5) is 3.88. The molecule has 0 spiro atoms. The zero-order valence-corrected chi connectivity index (χ0v) is 19.5. The quantitative estimate of drug-likeness (QED) is 0.439. The Balaban J connectivity index is 1.62. The number of rotatable bonds is 7. The lowest BCUT2D eigenvalue weighted by Gasteiger charge is -2.24. The van der Waals surface area contributed by atoms with Gasteiger partial charge in [-0.3, -0.25) is 4.98 Å². The van der Waals surface area contributed by atoms with Crippen molar-refractivity contribution >= 4 is 5.69 Å². The summed E-state index contributed by atoms with van der Waals surface area (Å²) in [5.74, 6) is 0.760. The summed E-state index contributed by atoms with van der Waals surface area (Å²) < 4.78 is 50.3. The van der Waals surface area contributed by atoms with Crippen LogP contribution in [-0.2, 0) is 10.9 Å². The highest BCUT2D eigenvalue weighted by Crippen LogP contribution is 2.36. The molecule has 1 unspecified atom stereocenters. The van der Waals surface area contributed by atoms with Crippen molar-refractivity contribution in [2.24, 2.45) is 0 Å². The predicted octanol–water partition coefficient (Wildman–Crippen LogP) is 5.26. The van der Waals surface area contributed by atoms with Crippen molar-refractivity contribution in [3.8, 4) is 17.1 Å². The molecule has 3 heterocycles. The number of hydrogen-bond acceptors (Lipinski definition) is 7. The van der Waals surface area contributed by atoms with Gasteiger partial charge in [-0.25, -0.2) is 0 Å². The number of pyridine rings is 1. The van der Waals surface area contributed by atoms with E-state index in [9.17, 15) is 18.3 Å². The lowest BCUT2D eigenvalue weighted by atomic mass is 9.91. The zero-order chi connectivity index (χ0) is 25.0. The molecule has 10 heteroatoms. The number of hydrogen-bond donors (Lipinski definition) is 2. The Kier molecular flexibility index (Phi) is 7.51. The van der Waals surface area contributed by atoms with Gasteiger partial charge in [-0.05, 0) is 68.5 Å². The average molecular weight is 489 g/mol. The van der Waals surface area contributed by atoms with Gasteiger partial charge in [0.15, 0.2) is 6.23 Å². The number of aromatic nitrogens is 3. The molecule has 7 nitrogen and oxygen atoms in total. The van der Waals surface area contributed by atoms with Crippen LogP contribution in [0, 0.1) is 6.92 Å². The molecule has 1 atom stereocenters. The molecule has 0 saturated carbocycles. The number of benzene rings is 1. The Bertz CT molecular complexity index is 1170. The monoisotopic (exact) mass is 488 g/mol. The molecule has 0 aliphatic carbocycles. The van der Waals surface area contributed by atoms with Crippen LogP contribution in [-0.4, -0.2) is 40.1 Å². The van der Waals surface area contributed by atoms with E-state index in [2.05, 4.69) is 20.5 Å². The number of anilines is 1. The Labute approximate surface area is 201 Å². The Hall–Kier alpha value is -3.24. The van der Waals surface area contributed by atoms with Crippen molar-refractivity contribution in [2.75, 3.05) is 25.1 Å². The van der Waals surface area contributed by atoms with Crippen LogP contribution in [0.25, 0.3) is 11.3 Å². The van der Waals surface area contributed by atoms with Gasteiger partial charge in [0, 0.05) is 36.2 Å². The fourth-order valence-electron chi connectivity index (χ4n) is 4.07. The number of aryl methyl sites for hydroxylation is 1. The molecule has 0 amide bonds. The third-order valence-corrected chi connectivity index (χ3v) is 5.94. The molecule has 2 aromatic heterocycles. The molecule has 1 saturated heterocycles. The van der Waals surface area contributed by atoms with Gasteiger partial charge >= 0.3 is 6.18 Å². The number of aliphatic hydroxyl groups excluding tert-OH is 1. The minimum absolute atomic E-state index is 0.135. The molecule has 1 aliphatic rings. The summed E-state index contributed by atoms with van der Waals surface area (Å²) in [5, 5.41) is 22.0. The first-order valence-corrected chi connectivity index (χ1v) is 11.4. The van der Waals surface area contributed by atoms with Crippen LogP contribution in [0.5, 0.6) is 5.88 Å². The summed E-state index contributed by atoms with van der Waals surface area (Å²) in [6, 6.07) is 9.02. The van der Waals surface area contributed by atoms with Gasteiger partial charge in [0.2, 0.25) is 5.88 Å². The largest absolute Gasteiger partial charge is 0.477 e. The zero-order valence-electron chi connectivity index (χ0n) is 19.5. The van der Waals surface area contributed by atoms with Crippen LogP contribution in [0.3, 0.4) is 0 Å². The molecule has 1 aliphatic heterocycles. The van der Waals surface area contributed by atoms with Gasteiger partial charge in [0.1, 0.15) is 0 Å². The molecular formula is C25H27F3N4O3. The number of aliphatic hydroxyl groups is 1. The Morgan fingerprint density at radius 1 is 1.14 bits per heavy atom. The Morgan fingerprint density at radius 2 is 1.91 bits per heavy atom. The first-order chi connectivity index (χ1) is 16.8. The molecule has 2 N–H and O–H groups in total. The number of nitrogens with one attached hydrogen (secondary N) is 1. The topological polar surface area (TPSA) is 89.4 Å². The van der Waals surface area contributed by atoms with E-state index in [1.165, 1.54) is 0 Å². The van der Waals surface area contributed by atoms with Crippen LogP contribution in [0.4, 0.5) is 18.9 Å². The highest BCUT2D eigenvalue weighted by Gasteiger charge is 2.31. The first kappa shape index (κ1) is 24.9. The summed E-state index contributed by atoms with van der Waals surface area (Å²) in [6.45, 7) is 5.65. The first-order valence-electron chi connectivity index (χ1n) is 11.4. The smallest absolute Gasteiger partial charge is 0.416 e. The standard InChI is InChI=1S/C25H27F3N4O3/c1-3-35-24-20(16-7-10-34-11-8-16)14-21(31-32-24)19-13-18(5-4-15(19)2)30-23(33)22-12-17(6-9-29-22)25(26,27)28/h4-6,9,12-14,16,23,30,33H,3,7-8,10-11H2,1-2H3. The second kappa shape index (κ2) is 10.6. The molecule has 0 bridgehead atoms. The highest BCUT2D eigenvalue weighted by molar-refractivity contribution is 5.69. The minimum atomic E-state index is -4.52. The van der Waals surface area contributed by atoms with Crippen LogP contribution in [0.1, 0.15) is 54.3 Å². The molecule has 186 valence electrons. The molecule has 3 aromatic rings. The van der Waals surface area contributed by atoms with Crippen LogP contribution < -0.4 is 10.1 Å². The van der Waals surface area contributed by atoms with Crippen molar-refractivity contribution in [2.45, 2.75) is 45.0 Å². The minimum Gasteiger partial charge on any atom is -0.477 e. The summed E-state index contributed by atoms with van der Waals surface area (Å²) in [5.41, 5.74) is 2.82. The van der Waals surface area contributed by atoms with E-state index >= 15 is 0 Å². The van der Waals surface area contributed by atoms with E-state index in [4.69, 9.17) is 9.47 Å². The van der Waals surface area contributed by atoms with Crippen LogP contribution >= 0.6 is 0 Å². The maximum atomic E-state index is 13.0. The molecule has 1 aromatic carbocycles. The van der Waals surface area contributed by atoms with Gasteiger partial charge in [0.25, 0.3) is 0 Å². The van der Waals surface area contributed by atoms with Gasteiger partial charge in [-0.2, -0.15) is 13.2 Å². The van der Waals surface area contributed by atoms with E-state index in [0.29, 0.717) is 37.1 Å². The average Bonchev–Trinajstić information content (AvgIpc) is 2.86. The van der Waals surface area contributed by atoms with E-state index in [0.717, 1.165) is 47.9 Å². The van der Waals surface area contributed by atoms with Crippen molar-refractivity contribution in [1.29, 1.82) is 0 Å². The highest BCUT2D eigenvalue weighted by atomic mass is 19.4. The second-order valence-corrected chi connectivity index (χ2v) is 8.35. The van der Waals surface area contributed by atoms with Crippen LogP contribution in [0.2, 0.25) is 0 Å². The van der Waals surface area contributed by atoms with Gasteiger partial charge in [0.05, 0.1) is 23.6 Å². The van der Waals surface area contributed by atoms with E-state index in [1.807, 2.05) is 26.0 Å². The van der Waals surface area contributed by atoms with E-state index in [-0.39, 0.29) is 11.6 Å². The normalized spacial score (nSPS) is 15.6. The van der Waals surface area contributed by atoms with Crippen molar-refractivity contribution in [3.63, 3.8) is 0 Å². The SMILES string of the molecule is CCOc1nnc(-c2cc(NC(O)c3cc(C(F)(F)F)ccn3)ccc2C)cc1C1CCOCC1. The van der Waals surface area contributed by atoms with E-state index in [1.54, 1.807) is 12.1 Å². The van der Waals surface area contributed by atoms with Gasteiger partial charge in [-0.15, -0.1) is 10.2 Å². The third-order valence-electron chi connectivity index (χ3n) is 5.94. The van der Waals surface area contributed by atoms with Crippen molar-refractivity contribution in [1.82, 2.24) is 15.2 Å². The van der Waals surface area contributed by atoms with Gasteiger partial charge < -0.3 is 19.9 Å². The predicted molar refractivity (Wildman–Crippen MR) is 124 cm³/mol. The lowest BCUT2D eigenvalue weighted by Crippen LogP contribution is -2.16. The fraction of sp³-hybridized carbons (Fsp3) is 0.400.